The van der Waals surface area contributed by atoms with Crippen molar-refractivity contribution in [1.82, 2.24) is 10.2 Å². The molecule has 1 aliphatic rings. The van der Waals surface area contributed by atoms with Crippen LogP contribution in [0.1, 0.15) is 6.92 Å². The van der Waals surface area contributed by atoms with Gasteiger partial charge in [-0.05, 0) is 26.9 Å². The molecular formula is C7H16N2. The summed E-state index contributed by atoms with van der Waals surface area (Å²) in [5, 5.41) is 3.27. The molecule has 0 bridgehead atoms. The molecule has 1 unspecified atom stereocenters. The molecule has 1 N–H and O–H groups in total. The Balaban J connectivity index is 2.23. The third-order valence-electron chi connectivity index (χ3n) is 2.31. The van der Waals surface area contributed by atoms with Crippen LogP contribution in [0.5, 0.6) is 0 Å². The standard InChI is InChI=1S/C7H16N2/c1-6(9(2)3)7-4-8-5-7/h6-8H,4-5H2,1-3H3. The minimum atomic E-state index is 0.742. The topological polar surface area (TPSA) is 15.3 Å². The lowest BCUT2D eigenvalue weighted by atomic mass is 9.95. The van der Waals surface area contributed by atoms with Crippen LogP contribution in [0, 0.1) is 5.92 Å². The molecule has 0 saturated carbocycles. The molecular weight excluding hydrogens is 112 g/mol. The molecule has 0 aromatic carbocycles. The van der Waals surface area contributed by atoms with E-state index in [4.69, 9.17) is 0 Å². The van der Waals surface area contributed by atoms with Gasteiger partial charge in [-0.3, -0.25) is 0 Å². The van der Waals surface area contributed by atoms with Gasteiger partial charge in [-0.1, -0.05) is 0 Å². The lowest BCUT2D eigenvalue weighted by Crippen LogP contribution is -2.51. The Labute approximate surface area is 57.2 Å². The van der Waals surface area contributed by atoms with E-state index in [9.17, 15) is 0 Å². The summed E-state index contributed by atoms with van der Waals surface area (Å²) in [6, 6.07) is 0.742. The quantitative estimate of drug-likeness (QED) is 0.569. The molecule has 0 radical (unpaired) electrons. The third kappa shape index (κ3) is 1.43. The summed E-state index contributed by atoms with van der Waals surface area (Å²) in [7, 11) is 4.28. The lowest BCUT2D eigenvalue weighted by Gasteiger charge is -2.36. The summed E-state index contributed by atoms with van der Waals surface area (Å²) < 4.78 is 0. The molecule has 1 atom stereocenters. The van der Waals surface area contributed by atoms with E-state index in [1.807, 2.05) is 0 Å². The molecule has 54 valence electrons. The highest BCUT2D eigenvalue weighted by atomic mass is 15.1. The number of hydrogen-bond donors (Lipinski definition) is 1. The zero-order valence-corrected chi connectivity index (χ0v) is 6.52. The Kier molecular flexibility index (Phi) is 2.09. The third-order valence-corrected chi connectivity index (χ3v) is 2.31. The van der Waals surface area contributed by atoms with E-state index in [0.29, 0.717) is 0 Å². The molecule has 0 spiro atoms. The summed E-state index contributed by atoms with van der Waals surface area (Å²) in [6.07, 6.45) is 0. The van der Waals surface area contributed by atoms with Gasteiger partial charge in [0.2, 0.25) is 0 Å². The van der Waals surface area contributed by atoms with E-state index < -0.39 is 0 Å². The van der Waals surface area contributed by atoms with E-state index in [0.717, 1.165) is 12.0 Å². The molecule has 1 fully saturated rings. The van der Waals surface area contributed by atoms with Gasteiger partial charge in [0.1, 0.15) is 0 Å². The minimum absolute atomic E-state index is 0.742. The Morgan fingerprint density at radius 1 is 1.44 bits per heavy atom. The highest BCUT2D eigenvalue weighted by molar-refractivity contribution is 4.82. The predicted molar refractivity (Wildman–Crippen MR) is 39.5 cm³/mol. The van der Waals surface area contributed by atoms with Crippen molar-refractivity contribution >= 4 is 0 Å². The van der Waals surface area contributed by atoms with Crippen molar-refractivity contribution in [2.75, 3.05) is 27.2 Å². The van der Waals surface area contributed by atoms with Crippen LogP contribution < -0.4 is 5.32 Å². The molecule has 0 aromatic heterocycles. The van der Waals surface area contributed by atoms with Crippen molar-refractivity contribution in [3.05, 3.63) is 0 Å². The molecule has 2 nitrogen and oxygen atoms in total. The molecule has 9 heavy (non-hydrogen) atoms. The Hall–Kier alpha value is -0.0800. The van der Waals surface area contributed by atoms with Crippen molar-refractivity contribution in [1.29, 1.82) is 0 Å². The maximum absolute atomic E-state index is 3.27. The summed E-state index contributed by atoms with van der Waals surface area (Å²) in [5.41, 5.74) is 0. The molecule has 1 aliphatic heterocycles. The average molecular weight is 128 g/mol. The Bertz CT molecular complexity index is 86.9. The fraction of sp³-hybridized carbons (Fsp3) is 1.00. The second-order valence-electron chi connectivity index (χ2n) is 3.12. The van der Waals surface area contributed by atoms with Crippen LogP contribution in [-0.2, 0) is 0 Å². The van der Waals surface area contributed by atoms with Gasteiger partial charge in [0, 0.05) is 19.1 Å². The summed E-state index contributed by atoms with van der Waals surface area (Å²) in [5.74, 6) is 0.889. The lowest BCUT2D eigenvalue weighted by molar-refractivity contribution is 0.174. The molecule has 0 aliphatic carbocycles. The largest absolute Gasteiger partial charge is 0.316 e. The smallest absolute Gasteiger partial charge is 0.0113 e. The zero-order valence-electron chi connectivity index (χ0n) is 6.52. The van der Waals surface area contributed by atoms with E-state index >= 15 is 0 Å². The van der Waals surface area contributed by atoms with Gasteiger partial charge in [-0.2, -0.15) is 0 Å². The van der Waals surface area contributed by atoms with Crippen LogP contribution >= 0.6 is 0 Å². The van der Waals surface area contributed by atoms with Gasteiger partial charge in [0.05, 0.1) is 0 Å². The number of nitrogens with one attached hydrogen (secondary N) is 1. The first-order chi connectivity index (χ1) is 4.22. The van der Waals surface area contributed by atoms with E-state index in [1.165, 1.54) is 13.1 Å². The fourth-order valence-corrected chi connectivity index (χ4v) is 1.07. The summed E-state index contributed by atoms with van der Waals surface area (Å²) >= 11 is 0. The first-order valence-electron chi connectivity index (χ1n) is 3.59. The van der Waals surface area contributed by atoms with Crippen LogP contribution in [0.2, 0.25) is 0 Å². The molecule has 2 heteroatoms. The van der Waals surface area contributed by atoms with Crippen LogP contribution in [0.3, 0.4) is 0 Å². The number of nitrogens with zero attached hydrogens (tertiary/aromatic N) is 1. The highest BCUT2D eigenvalue weighted by Gasteiger charge is 2.24. The first kappa shape index (κ1) is 7.03. The van der Waals surface area contributed by atoms with Crippen LogP contribution in [0.25, 0.3) is 0 Å². The normalized spacial score (nSPS) is 24.0. The van der Waals surface area contributed by atoms with Gasteiger partial charge in [0.25, 0.3) is 0 Å². The van der Waals surface area contributed by atoms with Crippen molar-refractivity contribution in [2.24, 2.45) is 5.92 Å². The zero-order chi connectivity index (χ0) is 6.85. The van der Waals surface area contributed by atoms with Crippen molar-refractivity contribution in [2.45, 2.75) is 13.0 Å². The maximum atomic E-state index is 3.27. The second kappa shape index (κ2) is 2.67. The molecule has 0 aromatic rings. The minimum Gasteiger partial charge on any atom is -0.316 e. The second-order valence-corrected chi connectivity index (χ2v) is 3.12. The van der Waals surface area contributed by atoms with Crippen molar-refractivity contribution in [3.8, 4) is 0 Å². The van der Waals surface area contributed by atoms with Gasteiger partial charge in [-0.15, -0.1) is 0 Å². The molecule has 1 rings (SSSR count). The monoisotopic (exact) mass is 128 g/mol. The molecule has 1 heterocycles. The van der Waals surface area contributed by atoms with Crippen molar-refractivity contribution in [3.63, 3.8) is 0 Å². The molecule has 1 saturated heterocycles. The van der Waals surface area contributed by atoms with Gasteiger partial charge < -0.3 is 10.2 Å². The van der Waals surface area contributed by atoms with E-state index in [-0.39, 0.29) is 0 Å². The van der Waals surface area contributed by atoms with Crippen LogP contribution in [0.15, 0.2) is 0 Å². The van der Waals surface area contributed by atoms with Gasteiger partial charge in [-0.25, -0.2) is 0 Å². The van der Waals surface area contributed by atoms with E-state index in [1.54, 1.807) is 0 Å². The fourth-order valence-electron chi connectivity index (χ4n) is 1.07. The Morgan fingerprint density at radius 3 is 2.11 bits per heavy atom. The predicted octanol–water partition coefficient (Wildman–Crippen LogP) is 0.156. The molecule has 0 amide bonds. The van der Waals surface area contributed by atoms with Gasteiger partial charge in [0.15, 0.2) is 0 Å². The maximum Gasteiger partial charge on any atom is 0.0113 e. The van der Waals surface area contributed by atoms with Crippen LogP contribution in [0.4, 0.5) is 0 Å². The summed E-state index contributed by atoms with van der Waals surface area (Å²) in [4.78, 5) is 2.28. The van der Waals surface area contributed by atoms with Crippen molar-refractivity contribution < 1.29 is 0 Å². The van der Waals surface area contributed by atoms with E-state index in [2.05, 4.69) is 31.2 Å². The average Bonchev–Trinajstić information content (AvgIpc) is 1.60. The number of hydrogen-bond acceptors (Lipinski definition) is 2. The van der Waals surface area contributed by atoms with Gasteiger partial charge >= 0.3 is 0 Å². The SMILES string of the molecule is CC(C1CNC1)N(C)C. The highest BCUT2D eigenvalue weighted by Crippen LogP contribution is 2.11. The van der Waals surface area contributed by atoms with Crippen LogP contribution in [-0.4, -0.2) is 38.1 Å². The first-order valence-corrected chi connectivity index (χ1v) is 3.59. The summed E-state index contributed by atoms with van der Waals surface area (Å²) in [6.45, 7) is 4.70. The number of rotatable bonds is 2. The Morgan fingerprint density at radius 2 is 2.00 bits per heavy atom.